The number of nitrogens with one attached hydrogen (secondary N) is 1. The molecule has 0 aromatic rings. The maximum atomic E-state index is 10.6. The van der Waals surface area contributed by atoms with Crippen molar-refractivity contribution in [2.24, 2.45) is 0 Å². The van der Waals surface area contributed by atoms with Gasteiger partial charge in [0.25, 0.3) is 0 Å². The lowest BCUT2D eigenvalue weighted by Crippen LogP contribution is -2.47. The van der Waals surface area contributed by atoms with E-state index in [0.29, 0.717) is 19.4 Å². The zero-order valence-corrected chi connectivity index (χ0v) is 48.9. The lowest BCUT2D eigenvalue weighted by atomic mass is 10.0. The molecule has 0 aliphatic rings. The molecule has 4 unspecified atom stereocenters. The van der Waals surface area contributed by atoms with Crippen molar-refractivity contribution in [3.8, 4) is 0 Å². The highest BCUT2D eigenvalue weighted by molar-refractivity contribution is 4.92. The third-order valence-electron chi connectivity index (χ3n) is 15.5. The molecule has 0 amide bonds. The normalized spacial score (nSPS) is 13.8. The van der Waals surface area contributed by atoms with Crippen LogP contribution < -0.4 is 5.32 Å². The first kappa shape index (κ1) is 71.2. The Balaban J connectivity index is 3.33. The van der Waals surface area contributed by atoms with Gasteiger partial charge in [0.15, 0.2) is 6.29 Å². The van der Waals surface area contributed by atoms with Crippen LogP contribution in [0.2, 0.25) is 0 Å². The quantitative estimate of drug-likeness (QED) is 0.0236. The predicted molar refractivity (Wildman–Crippen MR) is 317 cm³/mol. The molecule has 0 bridgehead atoms. The van der Waals surface area contributed by atoms with Crippen LogP contribution in [0.3, 0.4) is 0 Å². The van der Waals surface area contributed by atoms with Crippen molar-refractivity contribution in [3.05, 3.63) is 24.3 Å². The van der Waals surface area contributed by atoms with E-state index in [2.05, 4.69) is 43.5 Å². The van der Waals surface area contributed by atoms with E-state index in [1.54, 1.807) is 0 Å². The Bertz CT molecular complexity index is 1040. The Kier molecular flexibility index (Phi) is 62.1. The van der Waals surface area contributed by atoms with Crippen molar-refractivity contribution in [1.82, 2.24) is 5.32 Å². The van der Waals surface area contributed by atoms with Crippen molar-refractivity contribution in [2.75, 3.05) is 13.2 Å². The highest BCUT2D eigenvalue weighted by Gasteiger charge is 2.20. The standard InChI is InChI=1S/C66H131NO5/c1-3-5-7-9-11-13-15-17-31-36-40-44-48-52-56-60-66(71)72-61-57-53-49-45-41-37-33-30-28-26-24-22-20-18-19-21-23-25-27-29-32-35-39-43-47-51-55-59-65(70)67-63(62-68)64(69)58-54-50-46-42-38-34-16-14-12-10-8-6-4-2/h11,13,17,31,63-71H,3-10,12,14-16,18-30,32-62H2,1-2H3/b13-11-,31-17-. The molecule has 0 aromatic heterocycles. The summed E-state index contributed by atoms with van der Waals surface area (Å²) < 4.78 is 5.68. The van der Waals surface area contributed by atoms with Gasteiger partial charge in [0.05, 0.1) is 18.8 Å². The molecule has 0 aliphatic carbocycles. The number of hydrogen-bond acceptors (Lipinski definition) is 6. The molecule has 0 aromatic carbocycles. The van der Waals surface area contributed by atoms with E-state index in [1.807, 2.05) is 0 Å². The molecule has 0 fully saturated rings. The third kappa shape index (κ3) is 58.5. The Hall–Kier alpha value is -0.760. The minimum Gasteiger partial charge on any atom is -0.395 e. The molecule has 5 N–H and O–H groups in total. The van der Waals surface area contributed by atoms with Gasteiger partial charge >= 0.3 is 0 Å². The zero-order valence-electron chi connectivity index (χ0n) is 48.9. The third-order valence-corrected chi connectivity index (χ3v) is 15.5. The van der Waals surface area contributed by atoms with Gasteiger partial charge in [-0.05, 0) is 70.6 Å². The Labute approximate surface area is 451 Å². The molecule has 0 aliphatic heterocycles. The van der Waals surface area contributed by atoms with Crippen LogP contribution >= 0.6 is 0 Å². The minimum atomic E-state index is -0.650. The molecule has 430 valence electrons. The summed E-state index contributed by atoms with van der Waals surface area (Å²) in [5.41, 5.74) is 0. The largest absolute Gasteiger partial charge is 0.395 e. The van der Waals surface area contributed by atoms with Gasteiger partial charge < -0.3 is 25.2 Å². The number of unbranched alkanes of at least 4 members (excludes halogenated alkanes) is 46. The summed E-state index contributed by atoms with van der Waals surface area (Å²) >= 11 is 0. The maximum Gasteiger partial charge on any atom is 0.154 e. The predicted octanol–water partition coefficient (Wildman–Crippen LogP) is 20.2. The van der Waals surface area contributed by atoms with E-state index < -0.39 is 24.7 Å². The second-order valence-corrected chi connectivity index (χ2v) is 22.7. The molecular formula is C66H131NO5. The number of aliphatic hydroxyl groups is 4. The van der Waals surface area contributed by atoms with Crippen molar-refractivity contribution in [1.29, 1.82) is 0 Å². The summed E-state index contributed by atoms with van der Waals surface area (Å²) in [6, 6.07) is -0.438. The van der Waals surface area contributed by atoms with Crippen molar-refractivity contribution < 1.29 is 25.2 Å². The topological polar surface area (TPSA) is 102 Å². The van der Waals surface area contributed by atoms with Gasteiger partial charge in [-0.25, -0.2) is 0 Å². The van der Waals surface area contributed by atoms with E-state index in [-0.39, 0.29) is 6.61 Å². The van der Waals surface area contributed by atoms with Crippen molar-refractivity contribution in [3.63, 3.8) is 0 Å². The van der Waals surface area contributed by atoms with Crippen LogP contribution in [-0.2, 0) is 4.74 Å². The summed E-state index contributed by atoms with van der Waals surface area (Å²) in [7, 11) is 0. The Morgan fingerprint density at radius 2 is 0.625 bits per heavy atom. The molecule has 0 rings (SSSR count). The molecule has 0 saturated carbocycles. The van der Waals surface area contributed by atoms with Crippen LogP contribution in [0.4, 0.5) is 0 Å². The van der Waals surface area contributed by atoms with E-state index in [0.717, 1.165) is 51.4 Å². The zero-order chi connectivity index (χ0) is 52.2. The minimum absolute atomic E-state index is 0.135. The maximum absolute atomic E-state index is 10.6. The summed E-state index contributed by atoms with van der Waals surface area (Å²) in [6.07, 6.45) is 76.8. The molecule has 6 heteroatoms. The second kappa shape index (κ2) is 62.8. The lowest BCUT2D eigenvalue weighted by Gasteiger charge is -2.25. The highest BCUT2D eigenvalue weighted by Crippen LogP contribution is 2.19. The number of rotatable bonds is 63. The Morgan fingerprint density at radius 1 is 0.333 bits per heavy atom. The van der Waals surface area contributed by atoms with E-state index in [9.17, 15) is 20.4 Å². The number of ether oxygens (including phenoxy) is 1. The molecule has 4 atom stereocenters. The van der Waals surface area contributed by atoms with Crippen LogP contribution in [0, 0.1) is 0 Å². The second-order valence-electron chi connectivity index (χ2n) is 22.7. The van der Waals surface area contributed by atoms with Crippen LogP contribution in [-0.4, -0.2) is 58.3 Å². The monoisotopic (exact) mass is 1020 g/mol. The fraction of sp³-hybridized carbons (Fsp3) is 0.939. The Morgan fingerprint density at radius 3 is 1.00 bits per heavy atom. The highest BCUT2D eigenvalue weighted by atomic mass is 16.6. The van der Waals surface area contributed by atoms with Crippen molar-refractivity contribution in [2.45, 2.75) is 385 Å². The van der Waals surface area contributed by atoms with Gasteiger partial charge in [0.1, 0.15) is 6.23 Å². The SMILES string of the molecule is CCCCC/C=C\C/C=C\CCCCCCCC(O)OCCCCCCCCCCCCCCCCCCCCCCCCCCCCCC(O)NC(CO)C(O)CCCCCCCCCCCCCCC. The molecule has 0 heterocycles. The fourth-order valence-corrected chi connectivity index (χ4v) is 10.5. The van der Waals surface area contributed by atoms with Gasteiger partial charge in [0.2, 0.25) is 0 Å². The number of aliphatic hydroxyl groups excluding tert-OH is 4. The van der Waals surface area contributed by atoms with Crippen molar-refractivity contribution >= 4 is 0 Å². The molecule has 6 nitrogen and oxygen atoms in total. The van der Waals surface area contributed by atoms with Crippen LogP contribution in [0.1, 0.15) is 361 Å². The van der Waals surface area contributed by atoms with Crippen LogP contribution in [0.25, 0.3) is 0 Å². The summed E-state index contributed by atoms with van der Waals surface area (Å²) in [4.78, 5) is 0. The van der Waals surface area contributed by atoms with E-state index in [1.165, 1.54) is 283 Å². The molecule has 0 spiro atoms. The lowest BCUT2D eigenvalue weighted by molar-refractivity contribution is -0.105. The summed E-state index contributed by atoms with van der Waals surface area (Å²) in [6.45, 7) is 5.11. The first-order valence-corrected chi connectivity index (χ1v) is 32.9. The van der Waals surface area contributed by atoms with Gasteiger partial charge in [-0.1, -0.05) is 314 Å². The molecular weight excluding hydrogens is 887 g/mol. The van der Waals surface area contributed by atoms with Gasteiger partial charge in [-0.2, -0.15) is 0 Å². The number of allylic oxidation sites excluding steroid dienone is 4. The first-order chi connectivity index (χ1) is 35.5. The smallest absolute Gasteiger partial charge is 0.154 e. The summed E-state index contributed by atoms with van der Waals surface area (Å²) in [5, 5.41) is 44.2. The van der Waals surface area contributed by atoms with E-state index in [4.69, 9.17) is 4.74 Å². The average Bonchev–Trinajstić information content (AvgIpc) is 3.38. The van der Waals surface area contributed by atoms with Gasteiger partial charge in [-0.15, -0.1) is 0 Å². The van der Waals surface area contributed by atoms with Gasteiger partial charge in [-0.3, -0.25) is 5.32 Å². The van der Waals surface area contributed by atoms with Gasteiger partial charge in [0, 0.05) is 6.61 Å². The average molecular weight is 1020 g/mol. The molecule has 0 radical (unpaired) electrons. The first-order valence-electron chi connectivity index (χ1n) is 32.9. The van der Waals surface area contributed by atoms with Crippen LogP contribution in [0.5, 0.6) is 0 Å². The number of hydrogen-bond donors (Lipinski definition) is 5. The molecule has 72 heavy (non-hydrogen) atoms. The van der Waals surface area contributed by atoms with E-state index >= 15 is 0 Å². The fourth-order valence-electron chi connectivity index (χ4n) is 10.5. The van der Waals surface area contributed by atoms with Crippen LogP contribution in [0.15, 0.2) is 24.3 Å². The molecule has 0 saturated heterocycles. The summed E-state index contributed by atoms with van der Waals surface area (Å²) in [5.74, 6) is 0.